The van der Waals surface area contributed by atoms with Crippen LogP contribution in [0.25, 0.3) is 0 Å². The maximum atomic E-state index is 11.8. The molecule has 2 aliphatic rings. The zero-order valence-corrected chi connectivity index (χ0v) is 21.6. The standard InChI is InChI=1S/C23H34ClN7O2S/c1-4-31-12-11-30(2)21-13-17(10-9-16(21)15-31)26-23-25-14-18(24)22(28-23)27-19-7-5-6-8-20(19)29-34(3,32)33/h9-10,13-14,19-20,29H,4-8,11-12,15H2,1-3H3,(H2,25,26,27,28)/t19-,20-/m1/s1. The number of fused-ring (bicyclic) bond motifs is 1. The number of halogens is 1. The second-order valence-electron chi connectivity index (χ2n) is 9.18. The Bertz CT molecular complexity index is 1110. The highest BCUT2D eigenvalue weighted by Crippen LogP contribution is 2.30. The lowest BCUT2D eigenvalue weighted by molar-refractivity contribution is 0.293. The Morgan fingerprint density at radius 3 is 2.68 bits per heavy atom. The molecule has 0 radical (unpaired) electrons. The van der Waals surface area contributed by atoms with Gasteiger partial charge in [-0.25, -0.2) is 18.1 Å². The van der Waals surface area contributed by atoms with Crippen molar-refractivity contribution in [3.05, 3.63) is 35.0 Å². The molecule has 186 valence electrons. The van der Waals surface area contributed by atoms with Gasteiger partial charge in [0, 0.05) is 50.1 Å². The van der Waals surface area contributed by atoms with E-state index in [0.29, 0.717) is 16.8 Å². The second kappa shape index (κ2) is 10.6. The molecule has 0 unspecified atom stereocenters. The Morgan fingerprint density at radius 2 is 1.94 bits per heavy atom. The molecule has 2 aromatic rings. The van der Waals surface area contributed by atoms with Crippen LogP contribution in [0.15, 0.2) is 24.4 Å². The van der Waals surface area contributed by atoms with E-state index in [1.54, 1.807) is 6.20 Å². The third-order valence-corrected chi connectivity index (χ3v) is 7.55. The minimum Gasteiger partial charge on any atom is -0.373 e. The molecule has 11 heteroatoms. The maximum absolute atomic E-state index is 11.8. The predicted octanol–water partition coefficient (Wildman–Crippen LogP) is 3.42. The van der Waals surface area contributed by atoms with E-state index in [9.17, 15) is 8.42 Å². The van der Waals surface area contributed by atoms with Gasteiger partial charge in [0.25, 0.3) is 0 Å². The number of likely N-dealkylation sites (N-methyl/N-ethyl adjacent to an activating group) is 2. The fourth-order valence-electron chi connectivity index (χ4n) is 4.69. The van der Waals surface area contributed by atoms with Gasteiger partial charge in [-0.1, -0.05) is 37.4 Å². The number of hydrogen-bond acceptors (Lipinski definition) is 8. The van der Waals surface area contributed by atoms with Crippen LogP contribution in [0.4, 0.5) is 23.1 Å². The fraction of sp³-hybridized carbons (Fsp3) is 0.565. The largest absolute Gasteiger partial charge is 0.373 e. The van der Waals surface area contributed by atoms with Gasteiger partial charge in [-0.3, -0.25) is 4.90 Å². The van der Waals surface area contributed by atoms with E-state index in [1.165, 1.54) is 17.5 Å². The third-order valence-electron chi connectivity index (χ3n) is 6.54. The number of benzene rings is 1. The first-order chi connectivity index (χ1) is 16.2. The predicted molar refractivity (Wildman–Crippen MR) is 139 cm³/mol. The summed E-state index contributed by atoms with van der Waals surface area (Å²) in [5, 5.41) is 7.06. The van der Waals surface area contributed by atoms with E-state index < -0.39 is 10.0 Å². The smallest absolute Gasteiger partial charge is 0.229 e. The van der Waals surface area contributed by atoms with Crippen molar-refractivity contribution in [3.8, 4) is 0 Å². The molecule has 9 nitrogen and oxygen atoms in total. The lowest BCUT2D eigenvalue weighted by atomic mass is 9.91. The van der Waals surface area contributed by atoms with Crippen LogP contribution in [0.2, 0.25) is 5.02 Å². The number of nitrogens with one attached hydrogen (secondary N) is 3. The molecule has 1 aromatic heterocycles. The highest BCUT2D eigenvalue weighted by Gasteiger charge is 2.28. The molecule has 0 saturated heterocycles. The van der Waals surface area contributed by atoms with Crippen LogP contribution in [0.5, 0.6) is 0 Å². The van der Waals surface area contributed by atoms with Crippen molar-refractivity contribution in [2.45, 2.75) is 51.2 Å². The molecule has 2 heterocycles. The molecule has 1 saturated carbocycles. The molecule has 1 aliphatic heterocycles. The summed E-state index contributed by atoms with van der Waals surface area (Å²) in [6.45, 7) is 6.17. The molecule has 34 heavy (non-hydrogen) atoms. The zero-order valence-electron chi connectivity index (χ0n) is 20.0. The van der Waals surface area contributed by atoms with Crippen molar-refractivity contribution in [3.63, 3.8) is 0 Å². The summed E-state index contributed by atoms with van der Waals surface area (Å²) < 4.78 is 26.3. The van der Waals surface area contributed by atoms with Gasteiger partial charge in [-0.15, -0.1) is 0 Å². The summed E-state index contributed by atoms with van der Waals surface area (Å²) in [4.78, 5) is 13.7. The monoisotopic (exact) mass is 507 g/mol. The second-order valence-corrected chi connectivity index (χ2v) is 11.4. The number of aromatic nitrogens is 2. The van der Waals surface area contributed by atoms with E-state index in [-0.39, 0.29) is 12.1 Å². The van der Waals surface area contributed by atoms with Gasteiger partial charge in [0.15, 0.2) is 5.82 Å². The summed E-state index contributed by atoms with van der Waals surface area (Å²) in [6, 6.07) is 6.04. The highest BCUT2D eigenvalue weighted by atomic mass is 35.5. The summed E-state index contributed by atoms with van der Waals surface area (Å²) in [6.07, 6.45) is 6.37. The maximum Gasteiger partial charge on any atom is 0.229 e. The number of rotatable bonds is 7. The molecule has 1 aliphatic carbocycles. The lowest BCUT2D eigenvalue weighted by Gasteiger charge is -2.32. The van der Waals surface area contributed by atoms with Gasteiger partial charge in [0.1, 0.15) is 5.02 Å². The summed E-state index contributed by atoms with van der Waals surface area (Å²) in [7, 11) is -1.18. The quantitative estimate of drug-likeness (QED) is 0.524. The Hall–Kier alpha value is -2.14. The molecule has 3 N–H and O–H groups in total. The normalized spacial score (nSPS) is 21.6. The molecule has 0 spiro atoms. The minimum absolute atomic E-state index is 0.0913. The molecule has 1 aromatic carbocycles. The van der Waals surface area contributed by atoms with Gasteiger partial charge in [0.2, 0.25) is 16.0 Å². The average Bonchev–Trinajstić information content (AvgIpc) is 2.95. The van der Waals surface area contributed by atoms with Crippen molar-refractivity contribution in [1.82, 2.24) is 19.6 Å². The van der Waals surface area contributed by atoms with Crippen LogP contribution in [-0.2, 0) is 16.6 Å². The van der Waals surface area contributed by atoms with Gasteiger partial charge >= 0.3 is 0 Å². The molecule has 0 amide bonds. The third kappa shape index (κ3) is 6.29. The van der Waals surface area contributed by atoms with E-state index in [1.807, 2.05) is 6.07 Å². The Labute approximate surface area is 207 Å². The SMILES string of the molecule is CCN1CCN(C)c2cc(Nc3ncc(Cl)c(N[C@@H]4CCCC[C@H]4NS(C)(=O)=O)n3)ccc2C1. The van der Waals surface area contributed by atoms with Crippen LogP contribution in [0.1, 0.15) is 38.2 Å². The van der Waals surface area contributed by atoms with E-state index in [4.69, 9.17) is 11.6 Å². The van der Waals surface area contributed by atoms with Crippen molar-refractivity contribution in [2.24, 2.45) is 0 Å². The van der Waals surface area contributed by atoms with Gasteiger partial charge in [-0.2, -0.15) is 4.98 Å². The van der Waals surface area contributed by atoms with E-state index in [0.717, 1.165) is 57.5 Å². The highest BCUT2D eigenvalue weighted by molar-refractivity contribution is 7.88. The molecular formula is C23H34ClN7O2S. The number of hydrogen-bond donors (Lipinski definition) is 3. The van der Waals surface area contributed by atoms with E-state index >= 15 is 0 Å². The first kappa shape index (κ1) is 25.0. The van der Waals surface area contributed by atoms with Crippen molar-refractivity contribution in [2.75, 3.05) is 48.5 Å². The number of nitrogens with zero attached hydrogens (tertiary/aromatic N) is 4. The van der Waals surface area contributed by atoms with Crippen LogP contribution < -0.4 is 20.3 Å². The summed E-state index contributed by atoms with van der Waals surface area (Å²) in [5.74, 6) is 0.929. The summed E-state index contributed by atoms with van der Waals surface area (Å²) in [5.41, 5.74) is 3.40. The van der Waals surface area contributed by atoms with Crippen LogP contribution in [0, 0.1) is 0 Å². The Morgan fingerprint density at radius 1 is 1.18 bits per heavy atom. The van der Waals surface area contributed by atoms with Crippen molar-refractivity contribution >= 4 is 44.8 Å². The van der Waals surface area contributed by atoms with Crippen molar-refractivity contribution < 1.29 is 8.42 Å². The van der Waals surface area contributed by atoms with Gasteiger partial charge in [0.05, 0.1) is 12.5 Å². The Balaban J connectivity index is 1.51. The summed E-state index contributed by atoms with van der Waals surface area (Å²) >= 11 is 6.39. The number of anilines is 4. The molecule has 2 atom stereocenters. The van der Waals surface area contributed by atoms with Gasteiger partial charge in [-0.05, 0) is 37.1 Å². The van der Waals surface area contributed by atoms with E-state index in [2.05, 4.69) is 61.2 Å². The fourth-order valence-corrected chi connectivity index (χ4v) is 5.66. The molecule has 0 bridgehead atoms. The van der Waals surface area contributed by atoms with Gasteiger partial charge < -0.3 is 15.5 Å². The topological polar surface area (TPSA) is 102 Å². The minimum atomic E-state index is -3.30. The lowest BCUT2D eigenvalue weighted by Crippen LogP contribution is -2.48. The van der Waals surface area contributed by atoms with Crippen molar-refractivity contribution in [1.29, 1.82) is 0 Å². The molecule has 1 fully saturated rings. The van der Waals surface area contributed by atoms with Crippen LogP contribution in [0.3, 0.4) is 0 Å². The molecular weight excluding hydrogens is 474 g/mol. The number of sulfonamides is 1. The Kier molecular flexibility index (Phi) is 7.81. The molecule has 4 rings (SSSR count). The first-order valence-corrected chi connectivity index (χ1v) is 14.1. The van der Waals surface area contributed by atoms with Crippen LogP contribution >= 0.6 is 11.6 Å². The zero-order chi connectivity index (χ0) is 24.3. The average molecular weight is 508 g/mol. The van der Waals surface area contributed by atoms with Crippen LogP contribution in [-0.4, -0.2) is 68.3 Å². The first-order valence-electron chi connectivity index (χ1n) is 11.8.